The Bertz CT molecular complexity index is 367. The van der Waals surface area contributed by atoms with Crippen molar-refractivity contribution in [3.05, 3.63) is 18.5 Å². The summed E-state index contributed by atoms with van der Waals surface area (Å²) in [5.41, 5.74) is 0. The number of ether oxygens (including phenoxy) is 1. The molecule has 5 heteroatoms. The van der Waals surface area contributed by atoms with Crippen molar-refractivity contribution < 1.29 is 4.74 Å². The largest absolute Gasteiger partial charge is 0.380 e. The van der Waals surface area contributed by atoms with Gasteiger partial charge in [-0.3, -0.25) is 0 Å². The third-order valence-electron chi connectivity index (χ3n) is 3.66. The molecule has 2 atom stereocenters. The van der Waals surface area contributed by atoms with E-state index in [1.165, 1.54) is 12.8 Å². The van der Waals surface area contributed by atoms with Crippen LogP contribution >= 0.6 is 0 Å². The summed E-state index contributed by atoms with van der Waals surface area (Å²) in [6.07, 6.45) is 7.19. The van der Waals surface area contributed by atoms with Gasteiger partial charge in [0.25, 0.3) is 0 Å². The SMILES string of the molecule is c1cnc(N2CCCC(NC3CCOC3)C2)nc1. The quantitative estimate of drug-likeness (QED) is 0.858. The lowest BCUT2D eigenvalue weighted by atomic mass is 10.0. The van der Waals surface area contributed by atoms with Crippen LogP contribution in [-0.4, -0.2) is 48.4 Å². The minimum Gasteiger partial charge on any atom is -0.380 e. The van der Waals surface area contributed by atoms with Gasteiger partial charge in [-0.05, 0) is 25.3 Å². The van der Waals surface area contributed by atoms with Crippen LogP contribution in [0.15, 0.2) is 18.5 Å². The summed E-state index contributed by atoms with van der Waals surface area (Å²) < 4.78 is 5.41. The van der Waals surface area contributed by atoms with Crippen LogP contribution in [0.4, 0.5) is 5.95 Å². The van der Waals surface area contributed by atoms with Crippen LogP contribution in [0.1, 0.15) is 19.3 Å². The fraction of sp³-hybridized carbons (Fsp3) is 0.692. The van der Waals surface area contributed by atoms with Crippen LogP contribution in [0.5, 0.6) is 0 Å². The van der Waals surface area contributed by atoms with Crippen LogP contribution in [-0.2, 0) is 4.74 Å². The van der Waals surface area contributed by atoms with Gasteiger partial charge < -0.3 is 15.0 Å². The van der Waals surface area contributed by atoms with Gasteiger partial charge >= 0.3 is 0 Å². The highest BCUT2D eigenvalue weighted by molar-refractivity contribution is 5.29. The first-order valence-electron chi connectivity index (χ1n) is 6.77. The zero-order valence-electron chi connectivity index (χ0n) is 10.6. The molecule has 2 unspecified atom stereocenters. The van der Waals surface area contributed by atoms with Crippen molar-refractivity contribution in [3.8, 4) is 0 Å². The van der Waals surface area contributed by atoms with E-state index in [-0.39, 0.29) is 0 Å². The Hall–Kier alpha value is -1.20. The first-order chi connectivity index (χ1) is 8.92. The van der Waals surface area contributed by atoms with E-state index in [0.29, 0.717) is 12.1 Å². The molecule has 1 N–H and O–H groups in total. The van der Waals surface area contributed by atoms with Crippen LogP contribution in [0.3, 0.4) is 0 Å². The van der Waals surface area contributed by atoms with Gasteiger partial charge in [-0.25, -0.2) is 9.97 Å². The molecule has 0 radical (unpaired) electrons. The van der Waals surface area contributed by atoms with Crippen LogP contribution in [0, 0.1) is 0 Å². The number of aromatic nitrogens is 2. The molecule has 3 heterocycles. The van der Waals surface area contributed by atoms with Crippen molar-refractivity contribution in [2.75, 3.05) is 31.2 Å². The lowest BCUT2D eigenvalue weighted by Gasteiger charge is -2.34. The first kappa shape index (κ1) is 11.9. The van der Waals surface area contributed by atoms with Crippen molar-refractivity contribution in [2.45, 2.75) is 31.3 Å². The number of nitrogens with one attached hydrogen (secondary N) is 1. The van der Waals surface area contributed by atoms with Crippen LogP contribution in [0.25, 0.3) is 0 Å². The summed E-state index contributed by atoms with van der Waals surface area (Å²) in [4.78, 5) is 10.9. The maximum atomic E-state index is 5.41. The smallest absolute Gasteiger partial charge is 0.225 e. The van der Waals surface area contributed by atoms with E-state index < -0.39 is 0 Å². The van der Waals surface area contributed by atoms with E-state index >= 15 is 0 Å². The Labute approximate surface area is 108 Å². The van der Waals surface area contributed by atoms with Gasteiger partial charge in [0.15, 0.2) is 0 Å². The van der Waals surface area contributed by atoms with Crippen molar-refractivity contribution in [3.63, 3.8) is 0 Å². The summed E-state index contributed by atoms with van der Waals surface area (Å²) in [5.74, 6) is 0.853. The molecule has 0 aromatic carbocycles. The summed E-state index contributed by atoms with van der Waals surface area (Å²) in [6.45, 7) is 3.82. The highest BCUT2D eigenvalue weighted by Crippen LogP contribution is 2.16. The molecule has 0 amide bonds. The van der Waals surface area contributed by atoms with E-state index in [9.17, 15) is 0 Å². The van der Waals surface area contributed by atoms with Crippen LogP contribution < -0.4 is 10.2 Å². The van der Waals surface area contributed by atoms with E-state index in [1.54, 1.807) is 0 Å². The predicted molar refractivity (Wildman–Crippen MR) is 69.6 cm³/mol. The summed E-state index contributed by atoms with van der Waals surface area (Å²) in [5, 5.41) is 3.70. The molecule has 0 bridgehead atoms. The lowest BCUT2D eigenvalue weighted by Crippen LogP contribution is -2.49. The number of hydrogen-bond acceptors (Lipinski definition) is 5. The van der Waals surface area contributed by atoms with Gasteiger partial charge in [0, 0.05) is 44.2 Å². The lowest BCUT2D eigenvalue weighted by molar-refractivity contribution is 0.187. The third-order valence-corrected chi connectivity index (χ3v) is 3.66. The van der Waals surface area contributed by atoms with Gasteiger partial charge in [-0.1, -0.05) is 0 Å². The second-order valence-corrected chi connectivity index (χ2v) is 5.06. The molecule has 3 rings (SSSR count). The molecule has 2 saturated heterocycles. The second kappa shape index (κ2) is 5.63. The first-order valence-corrected chi connectivity index (χ1v) is 6.77. The van der Waals surface area contributed by atoms with Gasteiger partial charge in [0.05, 0.1) is 6.61 Å². The molecular formula is C13H20N4O. The zero-order chi connectivity index (χ0) is 12.2. The average Bonchev–Trinajstić information content (AvgIpc) is 2.93. The maximum Gasteiger partial charge on any atom is 0.225 e. The van der Waals surface area contributed by atoms with Gasteiger partial charge in [-0.2, -0.15) is 0 Å². The predicted octanol–water partition coefficient (Wildman–Crippen LogP) is 0.824. The zero-order valence-corrected chi connectivity index (χ0v) is 10.6. The molecule has 0 aliphatic carbocycles. The Morgan fingerprint density at radius 1 is 1.22 bits per heavy atom. The fourth-order valence-electron chi connectivity index (χ4n) is 2.75. The average molecular weight is 248 g/mol. The number of rotatable bonds is 3. The van der Waals surface area contributed by atoms with Crippen molar-refractivity contribution in [1.82, 2.24) is 15.3 Å². The van der Waals surface area contributed by atoms with Crippen molar-refractivity contribution >= 4 is 5.95 Å². The Morgan fingerprint density at radius 3 is 2.89 bits per heavy atom. The van der Waals surface area contributed by atoms with E-state index in [4.69, 9.17) is 4.74 Å². The maximum absolute atomic E-state index is 5.41. The van der Waals surface area contributed by atoms with Gasteiger partial charge in [0.1, 0.15) is 0 Å². The number of piperidine rings is 1. The number of anilines is 1. The highest BCUT2D eigenvalue weighted by atomic mass is 16.5. The third kappa shape index (κ3) is 2.79. The fourth-order valence-corrected chi connectivity index (χ4v) is 2.75. The van der Waals surface area contributed by atoms with Crippen molar-refractivity contribution in [2.24, 2.45) is 0 Å². The summed E-state index contributed by atoms with van der Waals surface area (Å²) >= 11 is 0. The molecule has 98 valence electrons. The highest BCUT2D eigenvalue weighted by Gasteiger charge is 2.25. The molecule has 2 fully saturated rings. The molecule has 0 spiro atoms. The molecule has 5 nitrogen and oxygen atoms in total. The molecule has 18 heavy (non-hydrogen) atoms. The molecule has 2 aliphatic rings. The number of nitrogens with zero attached hydrogens (tertiary/aromatic N) is 3. The topological polar surface area (TPSA) is 50.3 Å². The van der Waals surface area contributed by atoms with E-state index in [2.05, 4.69) is 20.2 Å². The standard InChI is InChI=1S/C13H20N4O/c1-3-11(16-12-4-8-18-10-12)9-17(7-1)13-14-5-2-6-15-13/h2,5-6,11-12,16H,1,3-4,7-10H2. The number of hydrogen-bond donors (Lipinski definition) is 1. The normalized spacial score (nSPS) is 28.6. The van der Waals surface area contributed by atoms with E-state index in [1.807, 2.05) is 18.5 Å². The Kier molecular flexibility index (Phi) is 3.71. The molecule has 0 saturated carbocycles. The summed E-state index contributed by atoms with van der Waals surface area (Å²) in [6, 6.07) is 2.93. The minimum atomic E-state index is 0.534. The molecule has 1 aromatic heterocycles. The monoisotopic (exact) mass is 248 g/mol. The Morgan fingerprint density at radius 2 is 2.11 bits per heavy atom. The second-order valence-electron chi connectivity index (χ2n) is 5.06. The van der Waals surface area contributed by atoms with Crippen molar-refractivity contribution in [1.29, 1.82) is 0 Å². The van der Waals surface area contributed by atoms with Crippen LogP contribution in [0.2, 0.25) is 0 Å². The van der Waals surface area contributed by atoms with Gasteiger partial charge in [-0.15, -0.1) is 0 Å². The van der Waals surface area contributed by atoms with E-state index in [0.717, 1.165) is 38.7 Å². The van der Waals surface area contributed by atoms with Gasteiger partial charge in [0.2, 0.25) is 5.95 Å². The summed E-state index contributed by atoms with van der Waals surface area (Å²) in [7, 11) is 0. The molecule has 1 aromatic rings. The molecular weight excluding hydrogens is 228 g/mol. The minimum absolute atomic E-state index is 0.534. The molecule has 2 aliphatic heterocycles. The Balaban J connectivity index is 1.58.